The van der Waals surface area contributed by atoms with Crippen molar-refractivity contribution >= 4 is 17.7 Å². The number of ether oxygens (including phenoxy) is 2. The molecule has 0 bridgehead atoms. The maximum Gasteiger partial charge on any atom is 0.233 e. The lowest BCUT2D eigenvalue weighted by Crippen LogP contribution is -2.14. The van der Waals surface area contributed by atoms with E-state index in [4.69, 9.17) is 9.47 Å². The van der Waals surface area contributed by atoms with Crippen LogP contribution in [-0.2, 0) is 0 Å². The first-order valence-corrected chi connectivity index (χ1v) is 11.2. The molecule has 1 aliphatic carbocycles. The zero-order valence-corrected chi connectivity index (χ0v) is 18.7. The van der Waals surface area contributed by atoms with Gasteiger partial charge in [-0.2, -0.15) is 20.1 Å². The Morgan fingerprint density at radius 1 is 0.971 bits per heavy atom. The Kier molecular flexibility index (Phi) is 5.16. The summed E-state index contributed by atoms with van der Waals surface area (Å²) < 4.78 is 38.3. The molecular weight excluding hydrogens is 456 g/mol. The van der Waals surface area contributed by atoms with E-state index in [1.807, 2.05) is 24.3 Å². The molecule has 11 heteroatoms. The summed E-state index contributed by atoms with van der Waals surface area (Å²) in [5, 5.41) is 13.5. The number of aromatic nitrogens is 5. The number of benzene rings is 2. The van der Waals surface area contributed by atoms with Gasteiger partial charge in [0, 0.05) is 29.2 Å². The van der Waals surface area contributed by atoms with E-state index in [9.17, 15) is 8.78 Å². The van der Waals surface area contributed by atoms with E-state index in [1.165, 1.54) is 12.1 Å². The predicted molar refractivity (Wildman–Crippen MR) is 124 cm³/mol. The topological polar surface area (TPSA) is 110 Å². The minimum absolute atomic E-state index is 0.208. The van der Waals surface area contributed by atoms with E-state index in [-0.39, 0.29) is 12.7 Å². The Labute approximate surface area is 198 Å². The molecule has 35 heavy (non-hydrogen) atoms. The number of anilines is 3. The predicted octanol–water partition coefficient (Wildman–Crippen LogP) is 5.06. The summed E-state index contributed by atoms with van der Waals surface area (Å²) in [7, 11) is 0. The molecule has 2 aromatic carbocycles. The fraction of sp³-hybridized carbons (Fsp3) is 0.250. The maximum absolute atomic E-state index is 14.2. The lowest BCUT2D eigenvalue weighted by atomic mass is 10.1. The standard InChI is InChI=1S/C24H21F2N7O2/c1-12(16-6-5-15(25)9-17(16)26)27-23-29-22(13-2-3-13)30-24(31-23)28-21-10-18(32-33-21)14-4-7-19-20(8-14)35-11-34-19/h4-10,12-13H,2-3,11H2,1H3,(H3,27,28,29,30,31,32,33). The first kappa shape index (κ1) is 21.3. The molecule has 1 saturated carbocycles. The fourth-order valence-corrected chi connectivity index (χ4v) is 3.87. The molecule has 0 saturated heterocycles. The van der Waals surface area contributed by atoms with Crippen molar-refractivity contribution in [1.29, 1.82) is 0 Å². The van der Waals surface area contributed by atoms with Gasteiger partial charge in [0.15, 0.2) is 17.3 Å². The number of hydrogen-bond acceptors (Lipinski definition) is 8. The van der Waals surface area contributed by atoms with Crippen LogP contribution in [0.1, 0.15) is 43.1 Å². The van der Waals surface area contributed by atoms with Crippen molar-refractivity contribution in [3.8, 4) is 22.8 Å². The van der Waals surface area contributed by atoms with E-state index in [0.717, 1.165) is 30.2 Å². The maximum atomic E-state index is 14.2. The van der Waals surface area contributed by atoms with Gasteiger partial charge in [-0.05, 0) is 44.0 Å². The lowest BCUT2D eigenvalue weighted by molar-refractivity contribution is 0.174. The molecule has 1 fully saturated rings. The molecule has 4 aromatic rings. The van der Waals surface area contributed by atoms with Gasteiger partial charge in [0.1, 0.15) is 17.5 Å². The van der Waals surface area contributed by atoms with Gasteiger partial charge in [-0.15, -0.1) is 0 Å². The molecular formula is C24H21F2N7O2. The first-order chi connectivity index (χ1) is 17.0. The summed E-state index contributed by atoms with van der Waals surface area (Å²) in [6.45, 7) is 1.97. The molecule has 0 radical (unpaired) electrons. The van der Waals surface area contributed by atoms with Crippen LogP contribution >= 0.6 is 0 Å². The SMILES string of the molecule is CC(Nc1nc(Nc2cc(-c3ccc4c(c3)OCO4)[nH]n2)nc(C2CC2)n1)c1ccc(F)cc1F. The monoisotopic (exact) mass is 477 g/mol. The van der Waals surface area contributed by atoms with Crippen LogP contribution in [0.2, 0.25) is 0 Å². The third kappa shape index (κ3) is 4.44. The second-order valence-electron chi connectivity index (χ2n) is 8.51. The largest absolute Gasteiger partial charge is 0.454 e. The molecule has 2 aromatic heterocycles. The van der Waals surface area contributed by atoms with Crippen LogP contribution < -0.4 is 20.1 Å². The highest BCUT2D eigenvalue weighted by atomic mass is 19.1. The highest BCUT2D eigenvalue weighted by molar-refractivity contribution is 5.67. The lowest BCUT2D eigenvalue weighted by Gasteiger charge is -2.16. The molecule has 3 N–H and O–H groups in total. The Hall–Kier alpha value is -4.28. The Morgan fingerprint density at radius 3 is 2.63 bits per heavy atom. The number of H-pyrrole nitrogens is 1. The molecule has 0 amide bonds. The van der Waals surface area contributed by atoms with Crippen molar-refractivity contribution in [2.24, 2.45) is 0 Å². The number of halogens is 2. The van der Waals surface area contributed by atoms with Gasteiger partial charge < -0.3 is 20.1 Å². The third-order valence-electron chi connectivity index (χ3n) is 5.87. The molecule has 1 atom stereocenters. The van der Waals surface area contributed by atoms with Gasteiger partial charge >= 0.3 is 0 Å². The Balaban J connectivity index is 1.23. The number of nitrogens with one attached hydrogen (secondary N) is 3. The quantitative estimate of drug-likeness (QED) is 0.339. The van der Waals surface area contributed by atoms with E-state index in [0.29, 0.717) is 40.6 Å². The van der Waals surface area contributed by atoms with Crippen molar-refractivity contribution in [1.82, 2.24) is 25.1 Å². The average molecular weight is 477 g/mol. The molecule has 9 nitrogen and oxygen atoms in total. The number of fused-ring (bicyclic) bond motifs is 1. The van der Waals surface area contributed by atoms with Crippen molar-refractivity contribution in [2.45, 2.75) is 31.7 Å². The molecule has 6 rings (SSSR count). The van der Waals surface area contributed by atoms with Crippen molar-refractivity contribution in [2.75, 3.05) is 17.4 Å². The van der Waals surface area contributed by atoms with Crippen molar-refractivity contribution < 1.29 is 18.3 Å². The highest BCUT2D eigenvalue weighted by Crippen LogP contribution is 2.39. The number of hydrogen-bond donors (Lipinski definition) is 3. The molecule has 1 aliphatic heterocycles. The van der Waals surface area contributed by atoms with Crippen LogP contribution in [0.5, 0.6) is 11.5 Å². The van der Waals surface area contributed by atoms with Crippen molar-refractivity contribution in [3.05, 3.63) is 65.5 Å². The van der Waals surface area contributed by atoms with E-state index < -0.39 is 17.7 Å². The molecule has 2 aliphatic rings. The van der Waals surface area contributed by atoms with E-state index in [2.05, 4.69) is 35.8 Å². The van der Waals surface area contributed by atoms with Gasteiger partial charge in [0.05, 0.1) is 11.7 Å². The van der Waals surface area contributed by atoms with Crippen molar-refractivity contribution in [3.63, 3.8) is 0 Å². The second-order valence-corrected chi connectivity index (χ2v) is 8.51. The van der Waals surface area contributed by atoms with Gasteiger partial charge in [-0.3, -0.25) is 5.10 Å². The number of aromatic amines is 1. The highest BCUT2D eigenvalue weighted by Gasteiger charge is 2.28. The molecule has 0 spiro atoms. The number of rotatable bonds is 7. The van der Waals surface area contributed by atoms with Crippen LogP contribution in [0.3, 0.4) is 0 Å². The second kappa shape index (κ2) is 8.49. The van der Waals surface area contributed by atoms with Gasteiger partial charge in [-0.25, -0.2) is 8.78 Å². The summed E-state index contributed by atoms with van der Waals surface area (Å²) in [5.41, 5.74) is 1.98. The average Bonchev–Trinajstić information content (AvgIpc) is 3.40. The minimum Gasteiger partial charge on any atom is -0.454 e. The zero-order chi connectivity index (χ0) is 23.9. The smallest absolute Gasteiger partial charge is 0.233 e. The van der Waals surface area contributed by atoms with E-state index in [1.54, 1.807) is 6.92 Å². The van der Waals surface area contributed by atoms with Gasteiger partial charge in [0.2, 0.25) is 18.7 Å². The minimum atomic E-state index is -0.632. The van der Waals surface area contributed by atoms with Gasteiger partial charge in [-0.1, -0.05) is 6.07 Å². The fourth-order valence-electron chi connectivity index (χ4n) is 3.87. The molecule has 1 unspecified atom stereocenters. The molecule has 3 heterocycles. The first-order valence-electron chi connectivity index (χ1n) is 11.2. The van der Waals surface area contributed by atoms with Crippen LogP contribution in [0.25, 0.3) is 11.3 Å². The molecule has 178 valence electrons. The van der Waals surface area contributed by atoms with Gasteiger partial charge in [0.25, 0.3) is 0 Å². The summed E-state index contributed by atoms with van der Waals surface area (Å²) in [5.74, 6) is 2.19. The van der Waals surface area contributed by atoms with Crippen LogP contribution in [0.15, 0.2) is 42.5 Å². The van der Waals surface area contributed by atoms with Crippen LogP contribution in [-0.4, -0.2) is 31.9 Å². The summed E-state index contributed by atoms with van der Waals surface area (Å²) >= 11 is 0. The third-order valence-corrected chi connectivity index (χ3v) is 5.87. The normalized spacial score (nSPS) is 15.2. The zero-order valence-electron chi connectivity index (χ0n) is 18.7. The number of nitrogens with zero attached hydrogens (tertiary/aromatic N) is 4. The van der Waals surface area contributed by atoms with Crippen LogP contribution in [0.4, 0.5) is 26.5 Å². The Morgan fingerprint density at radius 2 is 1.80 bits per heavy atom. The van der Waals surface area contributed by atoms with Crippen LogP contribution in [0, 0.1) is 11.6 Å². The summed E-state index contributed by atoms with van der Waals surface area (Å²) in [4.78, 5) is 13.5. The summed E-state index contributed by atoms with van der Waals surface area (Å²) in [6.07, 6.45) is 2.00. The summed E-state index contributed by atoms with van der Waals surface area (Å²) in [6, 6.07) is 10.5. The Bertz CT molecular complexity index is 1410. The van der Waals surface area contributed by atoms with E-state index >= 15 is 0 Å².